The smallest absolute Gasteiger partial charge is 0.255 e. The van der Waals surface area contributed by atoms with Gasteiger partial charge in [-0.25, -0.2) is 8.42 Å². The molecule has 2 aromatic carbocycles. The fraction of sp³-hybridized carbons (Fsp3) is 0.143. The summed E-state index contributed by atoms with van der Waals surface area (Å²) in [6.07, 6.45) is 0. The molecule has 0 saturated carbocycles. The van der Waals surface area contributed by atoms with Gasteiger partial charge >= 0.3 is 0 Å². The Morgan fingerprint density at radius 2 is 1.75 bits per heavy atom. The second kappa shape index (κ2) is 8.99. The molecular weight excluding hydrogens is 454 g/mol. The lowest BCUT2D eigenvalue weighted by molar-refractivity contribution is -0.116. The molecule has 11 heteroatoms. The monoisotopic (exact) mass is 473 g/mol. The van der Waals surface area contributed by atoms with Crippen molar-refractivity contribution in [3.63, 3.8) is 0 Å². The van der Waals surface area contributed by atoms with Crippen molar-refractivity contribution in [3.8, 4) is 11.5 Å². The molecule has 166 valence electrons. The molecule has 9 nitrogen and oxygen atoms in total. The van der Waals surface area contributed by atoms with Crippen LogP contribution in [0.1, 0.15) is 10.4 Å². The predicted molar refractivity (Wildman–Crippen MR) is 120 cm³/mol. The van der Waals surface area contributed by atoms with E-state index in [4.69, 9.17) is 9.47 Å². The van der Waals surface area contributed by atoms with E-state index in [1.165, 1.54) is 13.1 Å². The zero-order chi connectivity index (χ0) is 22.7. The minimum absolute atomic E-state index is 0.117. The Labute approximate surface area is 188 Å². The van der Waals surface area contributed by atoms with Crippen LogP contribution in [0.25, 0.3) is 0 Å². The molecule has 0 radical (unpaired) electrons. The number of thiophene rings is 1. The van der Waals surface area contributed by atoms with Crippen molar-refractivity contribution in [3.05, 3.63) is 65.5 Å². The average Bonchev–Trinajstić information content (AvgIpc) is 3.45. The lowest BCUT2D eigenvalue weighted by atomic mass is 10.2. The minimum Gasteiger partial charge on any atom is -0.454 e. The Kier molecular flexibility index (Phi) is 6.12. The molecule has 4 rings (SSSR count). The van der Waals surface area contributed by atoms with Crippen molar-refractivity contribution in [1.82, 2.24) is 4.31 Å². The van der Waals surface area contributed by atoms with Gasteiger partial charge < -0.3 is 20.1 Å². The Bertz CT molecular complexity index is 1260. The highest BCUT2D eigenvalue weighted by Crippen LogP contribution is 2.32. The number of benzene rings is 2. The first kappa shape index (κ1) is 21.8. The predicted octanol–water partition coefficient (Wildman–Crippen LogP) is 2.99. The molecule has 0 unspecified atom stereocenters. The van der Waals surface area contributed by atoms with Crippen LogP contribution < -0.4 is 20.1 Å². The van der Waals surface area contributed by atoms with Crippen molar-refractivity contribution in [2.45, 2.75) is 4.21 Å². The Morgan fingerprint density at radius 1 is 1.00 bits per heavy atom. The second-order valence-electron chi connectivity index (χ2n) is 6.84. The first-order valence-electron chi connectivity index (χ1n) is 9.44. The number of amides is 2. The van der Waals surface area contributed by atoms with Crippen LogP contribution >= 0.6 is 11.3 Å². The van der Waals surface area contributed by atoms with Crippen molar-refractivity contribution >= 4 is 44.5 Å². The van der Waals surface area contributed by atoms with Gasteiger partial charge in [-0.3, -0.25) is 9.59 Å². The zero-order valence-electron chi connectivity index (χ0n) is 16.9. The molecular formula is C21H19N3O6S2. The van der Waals surface area contributed by atoms with Crippen LogP contribution in [-0.2, 0) is 14.8 Å². The number of nitrogens with zero attached hydrogens (tertiary/aromatic N) is 1. The van der Waals surface area contributed by atoms with E-state index in [0.29, 0.717) is 28.4 Å². The molecule has 0 fully saturated rings. The first-order valence-corrected chi connectivity index (χ1v) is 11.8. The molecule has 2 heterocycles. The molecule has 0 aliphatic carbocycles. The van der Waals surface area contributed by atoms with Gasteiger partial charge in [0.05, 0.1) is 6.54 Å². The van der Waals surface area contributed by atoms with Crippen LogP contribution in [0, 0.1) is 0 Å². The van der Waals surface area contributed by atoms with Crippen molar-refractivity contribution in [1.29, 1.82) is 0 Å². The summed E-state index contributed by atoms with van der Waals surface area (Å²) < 4.78 is 36.6. The summed E-state index contributed by atoms with van der Waals surface area (Å²) in [4.78, 5) is 24.9. The second-order valence-corrected chi connectivity index (χ2v) is 10.1. The van der Waals surface area contributed by atoms with Gasteiger partial charge in [0.2, 0.25) is 12.7 Å². The van der Waals surface area contributed by atoms with Crippen LogP contribution in [0.2, 0.25) is 0 Å². The summed E-state index contributed by atoms with van der Waals surface area (Å²) in [5.41, 5.74) is 1.27. The highest BCUT2D eigenvalue weighted by Gasteiger charge is 2.24. The van der Waals surface area contributed by atoms with Gasteiger partial charge in [-0.05, 0) is 47.8 Å². The molecule has 0 saturated heterocycles. The maximum absolute atomic E-state index is 12.5. The zero-order valence-corrected chi connectivity index (χ0v) is 18.5. The SMILES string of the molecule is CN(CC(=O)Nc1cccc(NC(=O)c2ccc3c(c2)OCO3)c1)S(=O)(=O)c1cccs1. The van der Waals surface area contributed by atoms with Gasteiger partial charge in [-0.1, -0.05) is 12.1 Å². The number of carbonyl (C=O) groups excluding carboxylic acids is 2. The molecule has 2 N–H and O–H groups in total. The van der Waals surface area contributed by atoms with Gasteiger partial charge in [-0.2, -0.15) is 4.31 Å². The number of nitrogens with one attached hydrogen (secondary N) is 2. The highest BCUT2D eigenvalue weighted by molar-refractivity contribution is 7.91. The summed E-state index contributed by atoms with van der Waals surface area (Å²) in [5, 5.41) is 7.06. The lowest BCUT2D eigenvalue weighted by Crippen LogP contribution is -2.34. The maximum atomic E-state index is 12.5. The van der Waals surface area contributed by atoms with E-state index < -0.39 is 15.9 Å². The minimum atomic E-state index is -3.73. The van der Waals surface area contributed by atoms with Gasteiger partial charge in [0.25, 0.3) is 15.9 Å². The number of sulfonamides is 1. The summed E-state index contributed by atoms with van der Waals surface area (Å²) in [7, 11) is -2.38. The highest BCUT2D eigenvalue weighted by atomic mass is 32.2. The van der Waals surface area contributed by atoms with E-state index in [1.807, 2.05) is 0 Å². The fourth-order valence-corrected chi connectivity index (χ4v) is 5.30. The molecule has 0 bridgehead atoms. The maximum Gasteiger partial charge on any atom is 0.255 e. The number of fused-ring (bicyclic) bond motifs is 1. The van der Waals surface area contributed by atoms with Gasteiger partial charge in [0.1, 0.15) is 4.21 Å². The number of likely N-dealkylation sites (N-methyl/N-ethyl adjacent to an activating group) is 1. The molecule has 0 atom stereocenters. The van der Waals surface area contributed by atoms with E-state index in [-0.39, 0.29) is 23.5 Å². The third-order valence-electron chi connectivity index (χ3n) is 4.56. The fourth-order valence-electron chi connectivity index (χ4n) is 2.97. The van der Waals surface area contributed by atoms with E-state index in [9.17, 15) is 18.0 Å². The van der Waals surface area contributed by atoms with Crippen LogP contribution in [0.5, 0.6) is 11.5 Å². The first-order chi connectivity index (χ1) is 15.3. The third kappa shape index (κ3) is 4.74. The van der Waals surface area contributed by atoms with E-state index in [2.05, 4.69) is 10.6 Å². The Morgan fingerprint density at radius 3 is 2.50 bits per heavy atom. The molecule has 3 aromatic rings. The van der Waals surface area contributed by atoms with Gasteiger partial charge in [0.15, 0.2) is 11.5 Å². The normalized spacial score (nSPS) is 12.6. The van der Waals surface area contributed by atoms with Gasteiger partial charge in [0, 0.05) is 24.0 Å². The Balaban J connectivity index is 1.38. The number of anilines is 2. The largest absolute Gasteiger partial charge is 0.454 e. The lowest BCUT2D eigenvalue weighted by Gasteiger charge is -2.16. The summed E-state index contributed by atoms with van der Waals surface area (Å²) in [6.45, 7) is -0.236. The molecule has 1 aliphatic heterocycles. The van der Waals surface area contributed by atoms with Crippen molar-refractivity contribution < 1.29 is 27.5 Å². The van der Waals surface area contributed by atoms with Crippen LogP contribution in [0.3, 0.4) is 0 Å². The molecule has 2 amide bonds. The van der Waals surface area contributed by atoms with E-state index in [1.54, 1.807) is 53.9 Å². The molecule has 32 heavy (non-hydrogen) atoms. The number of hydrogen-bond donors (Lipinski definition) is 2. The summed E-state index contributed by atoms with van der Waals surface area (Å²) in [5.74, 6) is 0.220. The van der Waals surface area contributed by atoms with E-state index in [0.717, 1.165) is 15.6 Å². The number of carbonyl (C=O) groups is 2. The number of ether oxygens (including phenoxy) is 2. The van der Waals surface area contributed by atoms with Gasteiger partial charge in [-0.15, -0.1) is 11.3 Å². The third-order valence-corrected chi connectivity index (χ3v) is 7.74. The quantitative estimate of drug-likeness (QED) is 0.545. The summed E-state index contributed by atoms with van der Waals surface area (Å²) in [6, 6.07) is 14.6. The van der Waals surface area contributed by atoms with Crippen LogP contribution in [-0.4, -0.2) is 44.9 Å². The topological polar surface area (TPSA) is 114 Å². The van der Waals surface area contributed by atoms with Crippen LogP contribution in [0.15, 0.2) is 64.2 Å². The van der Waals surface area contributed by atoms with Crippen molar-refractivity contribution in [2.75, 3.05) is 31.0 Å². The Hall–Kier alpha value is -3.41. The van der Waals surface area contributed by atoms with E-state index >= 15 is 0 Å². The molecule has 0 spiro atoms. The standard InChI is InChI=1S/C21H19N3O6S2/c1-24(32(27,28)20-6-3-9-31-20)12-19(25)22-15-4-2-5-16(11-15)23-21(26)14-7-8-17-18(10-14)30-13-29-17/h2-11H,12-13H2,1H3,(H,22,25)(H,23,26). The number of hydrogen-bond acceptors (Lipinski definition) is 7. The summed E-state index contributed by atoms with van der Waals surface area (Å²) >= 11 is 1.09. The van der Waals surface area contributed by atoms with Crippen molar-refractivity contribution in [2.24, 2.45) is 0 Å². The number of rotatable bonds is 7. The molecule has 1 aliphatic rings. The van der Waals surface area contributed by atoms with Crippen LogP contribution in [0.4, 0.5) is 11.4 Å². The average molecular weight is 474 g/mol. The molecule has 1 aromatic heterocycles.